The van der Waals surface area contributed by atoms with E-state index in [-0.39, 0.29) is 28.2 Å². The maximum absolute atomic E-state index is 12.7. The Kier molecular flexibility index (Phi) is 5.42. The van der Waals surface area contributed by atoms with Crippen molar-refractivity contribution in [1.29, 1.82) is 0 Å². The summed E-state index contributed by atoms with van der Waals surface area (Å²) in [5, 5.41) is 5.10. The van der Waals surface area contributed by atoms with Gasteiger partial charge in [-0.05, 0) is 47.5 Å². The van der Waals surface area contributed by atoms with Crippen LogP contribution in [0.4, 0.5) is 0 Å². The Hall–Kier alpha value is -3.38. The first-order valence-corrected chi connectivity index (χ1v) is 11.2. The van der Waals surface area contributed by atoms with Crippen molar-refractivity contribution in [3.05, 3.63) is 102 Å². The number of hydrogen-bond donors (Lipinski definition) is 1. The molecule has 152 valence electrons. The second kappa shape index (κ2) is 8.16. The highest BCUT2D eigenvalue weighted by Crippen LogP contribution is 2.25. The molecule has 0 saturated heterocycles. The molecule has 0 aliphatic heterocycles. The molecule has 0 saturated carbocycles. The van der Waals surface area contributed by atoms with Crippen LogP contribution in [0.15, 0.2) is 94.2 Å². The lowest BCUT2D eigenvalue weighted by Gasteiger charge is -2.16. The number of benzene rings is 3. The van der Waals surface area contributed by atoms with Gasteiger partial charge in [-0.25, -0.2) is 8.42 Å². The van der Waals surface area contributed by atoms with Gasteiger partial charge in [0.05, 0.1) is 10.9 Å². The number of nitrogens with one attached hydrogen (secondary N) is 1. The second-order valence-electron chi connectivity index (χ2n) is 7.10. The first kappa shape index (κ1) is 19.9. The summed E-state index contributed by atoms with van der Waals surface area (Å²) in [5.41, 5.74) is 1.000. The zero-order chi connectivity index (χ0) is 21.1. The van der Waals surface area contributed by atoms with Crippen LogP contribution in [0.1, 0.15) is 34.8 Å². The van der Waals surface area contributed by atoms with Gasteiger partial charge in [-0.3, -0.25) is 4.79 Å². The molecule has 3 aromatic carbocycles. The highest BCUT2D eigenvalue weighted by molar-refractivity contribution is 7.90. The van der Waals surface area contributed by atoms with Crippen LogP contribution in [0, 0.1) is 0 Å². The van der Waals surface area contributed by atoms with Gasteiger partial charge in [0.25, 0.3) is 5.91 Å². The smallest absolute Gasteiger partial charge is 0.287 e. The van der Waals surface area contributed by atoms with Gasteiger partial charge >= 0.3 is 0 Å². The van der Waals surface area contributed by atoms with E-state index < -0.39 is 15.7 Å². The molecule has 1 N–H and O–H groups in total. The van der Waals surface area contributed by atoms with Crippen molar-refractivity contribution in [2.24, 2.45) is 0 Å². The molecule has 6 heteroatoms. The Bertz CT molecular complexity index is 1290. The summed E-state index contributed by atoms with van der Waals surface area (Å²) in [5.74, 6) is -0.385. The van der Waals surface area contributed by atoms with E-state index in [1.165, 1.54) is 24.3 Å². The average molecular weight is 420 g/mol. The number of rotatable bonds is 6. The maximum atomic E-state index is 12.7. The second-order valence-corrected chi connectivity index (χ2v) is 9.09. The average Bonchev–Trinajstić information content (AvgIpc) is 3.22. The van der Waals surface area contributed by atoms with Gasteiger partial charge < -0.3 is 9.73 Å². The molecule has 5 nitrogen and oxygen atoms in total. The zero-order valence-corrected chi connectivity index (χ0v) is 17.2. The molecule has 1 unspecified atom stereocenters. The molecule has 4 aromatic rings. The molecule has 4 rings (SSSR count). The minimum atomic E-state index is -3.54. The number of amides is 1. The number of sulfone groups is 1. The molecule has 0 spiro atoms. The summed E-state index contributed by atoms with van der Waals surface area (Å²) < 4.78 is 30.6. The van der Waals surface area contributed by atoms with Crippen molar-refractivity contribution in [2.45, 2.75) is 23.6 Å². The molecule has 1 amide bonds. The van der Waals surface area contributed by atoms with E-state index in [1.807, 2.05) is 49.4 Å². The van der Waals surface area contributed by atoms with Gasteiger partial charge in [-0.15, -0.1) is 0 Å². The molecule has 0 aliphatic carbocycles. The minimum absolute atomic E-state index is 0.0837. The van der Waals surface area contributed by atoms with Crippen LogP contribution in [-0.4, -0.2) is 14.3 Å². The van der Waals surface area contributed by atoms with Crippen LogP contribution in [-0.2, 0) is 15.6 Å². The SMILES string of the molecule is CC(NC(=O)c1ccc(CS(=O)(=O)c2ccccc2)o1)c1cccc2ccccc12. The summed E-state index contributed by atoms with van der Waals surface area (Å²) in [6.45, 7) is 1.91. The molecule has 30 heavy (non-hydrogen) atoms. The first-order chi connectivity index (χ1) is 14.4. The van der Waals surface area contributed by atoms with Gasteiger partial charge in [0.15, 0.2) is 15.6 Å². The van der Waals surface area contributed by atoms with Crippen LogP contribution in [0.25, 0.3) is 10.8 Å². The predicted molar refractivity (Wildman–Crippen MR) is 116 cm³/mol. The Morgan fingerprint density at radius 2 is 1.60 bits per heavy atom. The number of fused-ring (bicyclic) bond motifs is 1. The van der Waals surface area contributed by atoms with Crippen molar-refractivity contribution in [1.82, 2.24) is 5.32 Å². The fourth-order valence-electron chi connectivity index (χ4n) is 3.45. The van der Waals surface area contributed by atoms with Crippen LogP contribution in [0.3, 0.4) is 0 Å². The van der Waals surface area contributed by atoms with E-state index in [9.17, 15) is 13.2 Å². The predicted octanol–water partition coefficient (Wildman–Crippen LogP) is 4.90. The first-order valence-electron chi connectivity index (χ1n) is 9.59. The van der Waals surface area contributed by atoms with Crippen molar-refractivity contribution < 1.29 is 17.6 Å². The summed E-state index contributed by atoms with van der Waals surface area (Å²) >= 11 is 0. The minimum Gasteiger partial charge on any atom is -0.455 e. The molecular weight excluding hydrogens is 398 g/mol. The van der Waals surface area contributed by atoms with E-state index in [1.54, 1.807) is 18.2 Å². The molecular formula is C24H21NO4S. The van der Waals surface area contributed by atoms with Gasteiger partial charge in [0.2, 0.25) is 0 Å². The largest absolute Gasteiger partial charge is 0.455 e. The third kappa shape index (κ3) is 4.14. The maximum Gasteiger partial charge on any atom is 0.287 e. The van der Waals surface area contributed by atoms with Crippen molar-refractivity contribution >= 4 is 26.5 Å². The lowest BCUT2D eigenvalue weighted by Crippen LogP contribution is -2.26. The topological polar surface area (TPSA) is 76.4 Å². The number of carbonyl (C=O) groups is 1. The van der Waals surface area contributed by atoms with E-state index in [0.29, 0.717) is 0 Å². The Balaban J connectivity index is 1.49. The summed E-state index contributed by atoms with van der Waals surface area (Å²) in [6.07, 6.45) is 0. The molecule has 1 atom stereocenters. The zero-order valence-electron chi connectivity index (χ0n) is 16.4. The normalized spacial score (nSPS) is 12.6. The summed E-state index contributed by atoms with van der Waals surface area (Å²) in [6, 6.07) is 24.9. The Morgan fingerprint density at radius 1 is 0.900 bits per heavy atom. The molecule has 1 heterocycles. The molecule has 0 aliphatic rings. The van der Waals surface area contributed by atoms with Gasteiger partial charge in [0.1, 0.15) is 11.5 Å². The monoisotopic (exact) mass is 419 g/mol. The molecule has 1 aromatic heterocycles. The Labute approximate surface area is 175 Å². The van der Waals surface area contributed by atoms with E-state index >= 15 is 0 Å². The fraction of sp³-hybridized carbons (Fsp3) is 0.125. The third-order valence-corrected chi connectivity index (χ3v) is 6.61. The fourth-order valence-corrected chi connectivity index (χ4v) is 4.72. The molecule has 0 radical (unpaired) electrons. The van der Waals surface area contributed by atoms with Gasteiger partial charge in [-0.1, -0.05) is 60.7 Å². The van der Waals surface area contributed by atoms with Gasteiger partial charge in [-0.2, -0.15) is 0 Å². The highest BCUT2D eigenvalue weighted by atomic mass is 32.2. The van der Waals surface area contributed by atoms with Gasteiger partial charge in [0, 0.05) is 0 Å². The highest BCUT2D eigenvalue weighted by Gasteiger charge is 2.20. The quantitative estimate of drug-likeness (QED) is 0.482. The number of furan rings is 1. The van der Waals surface area contributed by atoms with Crippen molar-refractivity contribution in [3.8, 4) is 0 Å². The van der Waals surface area contributed by atoms with Crippen LogP contribution >= 0.6 is 0 Å². The van der Waals surface area contributed by atoms with E-state index in [2.05, 4.69) is 5.32 Å². The summed E-state index contributed by atoms with van der Waals surface area (Å²) in [7, 11) is -3.54. The Morgan fingerprint density at radius 3 is 2.40 bits per heavy atom. The molecule has 0 bridgehead atoms. The van der Waals surface area contributed by atoms with E-state index in [4.69, 9.17) is 4.42 Å². The van der Waals surface area contributed by atoms with Crippen LogP contribution in [0.5, 0.6) is 0 Å². The summed E-state index contributed by atoms with van der Waals surface area (Å²) in [4.78, 5) is 12.9. The van der Waals surface area contributed by atoms with Crippen LogP contribution in [0.2, 0.25) is 0 Å². The lowest BCUT2D eigenvalue weighted by atomic mass is 9.99. The molecule has 0 fully saturated rings. The lowest BCUT2D eigenvalue weighted by molar-refractivity contribution is 0.0910. The van der Waals surface area contributed by atoms with Crippen molar-refractivity contribution in [3.63, 3.8) is 0 Å². The number of hydrogen-bond acceptors (Lipinski definition) is 4. The third-order valence-electron chi connectivity index (χ3n) is 4.96. The number of carbonyl (C=O) groups excluding carboxylic acids is 1. The van der Waals surface area contributed by atoms with Crippen LogP contribution < -0.4 is 5.32 Å². The van der Waals surface area contributed by atoms with E-state index in [0.717, 1.165) is 16.3 Å². The van der Waals surface area contributed by atoms with Crippen molar-refractivity contribution in [2.75, 3.05) is 0 Å². The standard InChI is InChI=1S/C24H21NO4S/c1-17(21-13-7-9-18-8-5-6-12-22(18)21)25-24(26)23-15-14-19(29-23)16-30(27,28)20-10-3-2-4-11-20/h2-15,17H,16H2,1H3,(H,25,26).